The lowest BCUT2D eigenvalue weighted by Crippen LogP contribution is -2.57. The van der Waals surface area contributed by atoms with Gasteiger partial charge in [-0.1, -0.05) is 80.1 Å². The number of ether oxygens (including phenoxy) is 1. The second-order valence-electron chi connectivity index (χ2n) is 8.96. The zero-order valence-corrected chi connectivity index (χ0v) is 24.9. The average molecular weight is 655 g/mol. The van der Waals surface area contributed by atoms with Crippen LogP contribution in [0.1, 0.15) is 47.5 Å². The van der Waals surface area contributed by atoms with Crippen molar-refractivity contribution in [1.29, 1.82) is 0 Å². The van der Waals surface area contributed by atoms with Crippen LogP contribution in [0.15, 0.2) is 11.8 Å². The first-order valence-corrected chi connectivity index (χ1v) is 16.8. The first kappa shape index (κ1) is 30.6. The minimum Gasteiger partial charge on any atom is -0.450 e. The van der Waals surface area contributed by atoms with Gasteiger partial charge in [0.1, 0.15) is 23.8 Å². The Balaban J connectivity index is 2.55. The lowest BCUT2D eigenvalue weighted by atomic mass is 10.0. The van der Waals surface area contributed by atoms with E-state index >= 15 is 0 Å². The quantitative estimate of drug-likeness (QED) is 0.116. The van der Waals surface area contributed by atoms with Crippen LogP contribution in [0.3, 0.4) is 0 Å². The predicted octanol–water partition coefficient (Wildman–Crippen LogP) is 1.60. The molecule has 0 radical (unpaired) electrons. The van der Waals surface area contributed by atoms with Crippen LogP contribution >= 0.6 is 42.3 Å². The summed E-state index contributed by atoms with van der Waals surface area (Å²) in [5, 5.41) is 10.8. The van der Waals surface area contributed by atoms with Crippen molar-refractivity contribution in [2.45, 2.75) is 69.7 Å². The Bertz CT molecular complexity index is 911. The van der Waals surface area contributed by atoms with E-state index in [1.165, 1.54) is 16.9 Å². The number of allylic oxidation sites excluding steroid dienone is 1. The lowest BCUT2D eigenvalue weighted by molar-refractivity contribution is -0.150. The SMILES string of the molecule is C/C=C1\NC(=O)[C@H]2CSSCC/C=I/[C@@H](CC(=O)N[C@H](C(C)C)C(=O)N2)OC(=O)[C@H](C(C)C)NC1=O. The monoisotopic (exact) mass is 654 g/mol. The number of hydrogen-bond acceptors (Lipinski definition) is 8. The van der Waals surface area contributed by atoms with Crippen molar-refractivity contribution in [3.05, 3.63) is 11.8 Å². The van der Waals surface area contributed by atoms with Crippen LogP contribution in [0, 0.1) is 11.8 Å². The second-order valence-corrected chi connectivity index (χ2v) is 14.6. The molecule has 0 aromatic rings. The highest BCUT2D eigenvalue weighted by Crippen LogP contribution is 2.25. The molecule has 1 saturated heterocycles. The Morgan fingerprint density at radius 3 is 2.31 bits per heavy atom. The number of rotatable bonds is 2. The van der Waals surface area contributed by atoms with Gasteiger partial charge in [-0.25, -0.2) is 4.79 Å². The number of halogens is 1. The van der Waals surface area contributed by atoms with Gasteiger partial charge in [0.15, 0.2) is 4.11 Å². The summed E-state index contributed by atoms with van der Waals surface area (Å²) in [7, 11) is 3.01. The molecule has 2 aliphatic rings. The fourth-order valence-corrected chi connectivity index (χ4v) is 8.15. The van der Waals surface area contributed by atoms with E-state index in [2.05, 4.69) is 25.3 Å². The number of alkyl halides is 1. The van der Waals surface area contributed by atoms with Gasteiger partial charge in [0.2, 0.25) is 17.7 Å². The number of fused-ring (bicyclic) bond motifs is 7. The van der Waals surface area contributed by atoms with E-state index in [-0.39, 0.29) is 29.7 Å². The minimum absolute atomic E-state index is 0.0298. The van der Waals surface area contributed by atoms with Gasteiger partial charge in [-0.2, -0.15) is 0 Å². The third kappa shape index (κ3) is 9.36. The molecule has 2 aliphatic heterocycles. The molecular weight excluding hydrogens is 619 g/mol. The molecule has 0 spiro atoms. The topological polar surface area (TPSA) is 143 Å². The van der Waals surface area contributed by atoms with Crippen LogP contribution in [0.5, 0.6) is 0 Å². The highest BCUT2D eigenvalue weighted by molar-refractivity contribution is 14.2. The second kappa shape index (κ2) is 15.0. The number of carbonyl (C=O) groups excluding carboxylic acids is 5. The van der Waals surface area contributed by atoms with Gasteiger partial charge >= 0.3 is 5.97 Å². The van der Waals surface area contributed by atoms with Crippen molar-refractivity contribution >= 4 is 75.9 Å². The van der Waals surface area contributed by atoms with Gasteiger partial charge in [0, 0.05) is 11.5 Å². The van der Waals surface area contributed by atoms with Gasteiger partial charge in [0.25, 0.3) is 5.91 Å². The Morgan fingerprint density at radius 2 is 1.67 bits per heavy atom. The Kier molecular flexibility index (Phi) is 12.7. The molecule has 2 bridgehead atoms. The molecule has 2 rings (SSSR count). The van der Waals surface area contributed by atoms with E-state index in [0.717, 1.165) is 12.2 Å². The highest BCUT2D eigenvalue weighted by Gasteiger charge is 2.33. The molecule has 2 heterocycles. The number of hydrogen-bond donors (Lipinski definition) is 4. The smallest absolute Gasteiger partial charge is 0.329 e. The summed E-state index contributed by atoms with van der Waals surface area (Å²) in [5.74, 6) is -2.25. The molecule has 10 nitrogen and oxygen atoms in total. The molecule has 0 aromatic carbocycles. The summed E-state index contributed by atoms with van der Waals surface area (Å²) in [5.41, 5.74) is -0.0298. The van der Waals surface area contributed by atoms with E-state index < -0.39 is 72.6 Å². The molecule has 4 N–H and O–H groups in total. The van der Waals surface area contributed by atoms with Gasteiger partial charge in [-0.05, 0) is 25.2 Å². The normalized spacial score (nSPS) is 30.1. The molecule has 0 aromatic heterocycles. The van der Waals surface area contributed by atoms with Gasteiger partial charge in [-0.15, -0.1) is 0 Å². The van der Waals surface area contributed by atoms with Crippen molar-refractivity contribution in [1.82, 2.24) is 21.3 Å². The van der Waals surface area contributed by atoms with Crippen molar-refractivity contribution < 1.29 is 28.7 Å². The largest absolute Gasteiger partial charge is 0.450 e. The summed E-state index contributed by atoms with van der Waals surface area (Å²) in [4.78, 5) is 65.3. The highest BCUT2D eigenvalue weighted by atomic mass is 127. The van der Waals surface area contributed by atoms with Crippen LogP contribution in [-0.4, -0.2) is 67.4 Å². The number of nitrogens with one attached hydrogen (secondary N) is 4. The molecule has 4 amide bonds. The average Bonchev–Trinajstić information content (AvgIpc) is 2.81. The third-order valence-electron chi connectivity index (χ3n) is 5.34. The van der Waals surface area contributed by atoms with E-state index in [9.17, 15) is 24.0 Å². The van der Waals surface area contributed by atoms with Crippen LogP contribution in [0.4, 0.5) is 0 Å². The fourth-order valence-electron chi connectivity index (χ4n) is 3.30. The molecule has 1 fully saturated rings. The fraction of sp³-hybridized carbons (Fsp3) is 0.652. The van der Waals surface area contributed by atoms with E-state index in [1.54, 1.807) is 45.4 Å². The van der Waals surface area contributed by atoms with Crippen LogP contribution < -0.4 is 21.3 Å². The summed E-state index contributed by atoms with van der Waals surface area (Å²) in [6, 6.07) is -2.79. The van der Waals surface area contributed by atoms with Crippen molar-refractivity contribution in [2.75, 3.05) is 11.5 Å². The molecule has 0 aliphatic carbocycles. The van der Waals surface area contributed by atoms with E-state index in [0.29, 0.717) is 0 Å². The van der Waals surface area contributed by atoms with Crippen molar-refractivity contribution in [3.63, 3.8) is 0 Å². The molecule has 13 heteroatoms. The van der Waals surface area contributed by atoms with Crippen molar-refractivity contribution in [2.24, 2.45) is 11.8 Å². The van der Waals surface area contributed by atoms with Gasteiger partial charge < -0.3 is 26.0 Å². The number of carbonyl (C=O) groups is 5. The van der Waals surface area contributed by atoms with E-state index in [4.69, 9.17) is 4.74 Å². The maximum Gasteiger partial charge on any atom is 0.329 e. The van der Waals surface area contributed by atoms with Crippen molar-refractivity contribution in [3.8, 4) is 0 Å². The maximum atomic E-state index is 13.2. The van der Waals surface area contributed by atoms with Crippen LogP contribution in [0.2, 0.25) is 0 Å². The molecule has 0 unspecified atom stereocenters. The predicted molar refractivity (Wildman–Crippen MR) is 151 cm³/mol. The van der Waals surface area contributed by atoms with Gasteiger partial charge in [0.05, 0.1) is 6.42 Å². The first-order valence-electron chi connectivity index (χ1n) is 11.8. The first-order chi connectivity index (χ1) is 17.0. The van der Waals surface area contributed by atoms with Crippen LogP contribution in [0.25, 0.3) is 0 Å². The maximum absolute atomic E-state index is 13.2. The molecule has 36 heavy (non-hydrogen) atoms. The Morgan fingerprint density at radius 1 is 0.972 bits per heavy atom. The minimum atomic E-state index is -0.965. The summed E-state index contributed by atoms with van der Waals surface area (Å²) < 4.78 is 7.18. The zero-order chi connectivity index (χ0) is 26.8. The summed E-state index contributed by atoms with van der Waals surface area (Å²) in [6.07, 6.45) is 2.11. The molecule has 4 atom stereocenters. The standard InChI is InChI=1S/C23H35IN4O6S2/c1-6-14-20(30)28-19(13(4)5)23(33)34-16-10-17(29)27-18(12(2)3)22(32)26-15(21(31)25-14)11-36-35-9-7-8-24-16/h6,8,12-13,15-16,18-19H,7,9-11H2,1-5H3,(H,25,31)(H,26,32)(H,27,29)(H,28,30)/b14-6-/t15-,16-,18-,19+/m1/s1. The Hall–Kier alpha value is -1.61. The zero-order valence-electron chi connectivity index (χ0n) is 21.1. The molecular formula is C23H35IN4O6S2. The van der Waals surface area contributed by atoms with Gasteiger partial charge in [-0.3, -0.25) is 19.2 Å². The molecule has 202 valence electrons. The lowest BCUT2D eigenvalue weighted by Gasteiger charge is -2.27. The Labute approximate surface area is 229 Å². The number of esters is 1. The van der Waals surface area contributed by atoms with Crippen LogP contribution in [-0.2, 0) is 28.7 Å². The summed E-state index contributed by atoms with van der Waals surface area (Å²) >= 11 is -0.801. The molecule has 0 saturated carbocycles. The summed E-state index contributed by atoms with van der Waals surface area (Å²) in [6.45, 7) is 8.74. The third-order valence-corrected chi connectivity index (χ3v) is 10.4. The van der Waals surface area contributed by atoms with E-state index in [1.807, 2.05) is 0 Å². The number of amides is 4.